The number of hydrogen-bond donors (Lipinski definition) is 0. The standard InChI is InChI=1S/C33H25FN4O2/c1-23-31(33(39)38(35-23)29-12-6-3-7-13-29)20-26-21-37(28-10-4-2-5-11-28)36-32(26)25-9-8-14-30(19-25)40-22-24-15-17-27(34)18-16-24/h2-21H,22H2,1H3/b31-20-. The highest BCUT2D eigenvalue weighted by atomic mass is 19.1. The predicted octanol–water partition coefficient (Wildman–Crippen LogP) is 7.06. The average Bonchev–Trinajstić information content (AvgIpc) is 3.55. The number of carbonyl (C=O) groups is 1. The zero-order valence-corrected chi connectivity index (χ0v) is 21.7. The molecular formula is C33H25FN4O2. The molecule has 1 aliphatic rings. The second-order valence-electron chi connectivity index (χ2n) is 9.35. The fourth-order valence-electron chi connectivity index (χ4n) is 4.49. The van der Waals surface area contributed by atoms with Gasteiger partial charge in [0.25, 0.3) is 5.91 Å². The molecule has 0 unspecified atom stereocenters. The van der Waals surface area contributed by atoms with E-state index in [1.54, 1.807) is 16.8 Å². The molecule has 0 saturated heterocycles. The summed E-state index contributed by atoms with van der Waals surface area (Å²) >= 11 is 0. The first kappa shape index (κ1) is 25.0. The van der Waals surface area contributed by atoms with E-state index in [9.17, 15) is 9.18 Å². The third kappa shape index (κ3) is 5.17. The zero-order valence-electron chi connectivity index (χ0n) is 21.7. The number of carbonyl (C=O) groups excluding carboxylic acids is 1. The first-order valence-corrected chi connectivity index (χ1v) is 12.8. The average molecular weight is 529 g/mol. The number of ether oxygens (including phenoxy) is 1. The van der Waals surface area contributed by atoms with Crippen LogP contribution >= 0.6 is 0 Å². The summed E-state index contributed by atoms with van der Waals surface area (Å²) in [7, 11) is 0. The Morgan fingerprint density at radius 1 is 0.850 bits per heavy atom. The van der Waals surface area contributed by atoms with Crippen LogP contribution in [0.1, 0.15) is 18.1 Å². The molecule has 1 aromatic heterocycles. The number of anilines is 1. The molecule has 5 aromatic rings. The minimum atomic E-state index is -0.283. The number of halogens is 1. The molecule has 7 heteroatoms. The van der Waals surface area contributed by atoms with Gasteiger partial charge in [-0.05, 0) is 67.1 Å². The highest BCUT2D eigenvalue weighted by molar-refractivity contribution is 6.32. The second-order valence-corrected chi connectivity index (χ2v) is 9.35. The predicted molar refractivity (Wildman–Crippen MR) is 155 cm³/mol. The summed E-state index contributed by atoms with van der Waals surface area (Å²) in [5.74, 6) is 0.174. The molecule has 1 aliphatic heterocycles. The number of hydrazone groups is 1. The van der Waals surface area contributed by atoms with Crippen molar-refractivity contribution in [1.82, 2.24) is 9.78 Å². The van der Waals surface area contributed by atoms with E-state index in [-0.39, 0.29) is 11.7 Å². The molecule has 0 radical (unpaired) electrons. The summed E-state index contributed by atoms with van der Waals surface area (Å²) in [5, 5.41) is 10.8. The summed E-state index contributed by atoms with van der Waals surface area (Å²) in [6, 6.07) is 33.0. The van der Waals surface area contributed by atoms with E-state index in [2.05, 4.69) is 5.10 Å². The van der Waals surface area contributed by atoms with Crippen LogP contribution in [-0.4, -0.2) is 21.4 Å². The Kier molecular flexibility index (Phi) is 6.77. The summed E-state index contributed by atoms with van der Waals surface area (Å²) in [6.45, 7) is 2.14. The molecule has 0 atom stereocenters. The van der Waals surface area contributed by atoms with Crippen molar-refractivity contribution in [3.63, 3.8) is 0 Å². The summed E-state index contributed by atoms with van der Waals surface area (Å²) in [6.07, 6.45) is 3.76. The first-order chi connectivity index (χ1) is 19.5. The highest BCUT2D eigenvalue weighted by Crippen LogP contribution is 2.31. The monoisotopic (exact) mass is 528 g/mol. The van der Waals surface area contributed by atoms with Crippen LogP contribution in [0.2, 0.25) is 0 Å². The number of para-hydroxylation sites is 2. The van der Waals surface area contributed by atoms with Crippen LogP contribution in [0.15, 0.2) is 126 Å². The molecule has 0 bridgehead atoms. The van der Waals surface area contributed by atoms with Gasteiger partial charge in [0.15, 0.2) is 0 Å². The summed E-state index contributed by atoms with van der Waals surface area (Å²) in [5.41, 5.74) is 5.90. The third-order valence-electron chi connectivity index (χ3n) is 6.55. The van der Waals surface area contributed by atoms with Crippen molar-refractivity contribution >= 4 is 23.4 Å². The van der Waals surface area contributed by atoms with Gasteiger partial charge in [0.1, 0.15) is 23.9 Å². The van der Waals surface area contributed by atoms with Crippen molar-refractivity contribution in [2.75, 3.05) is 5.01 Å². The lowest BCUT2D eigenvalue weighted by Gasteiger charge is -2.11. The van der Waals surface area contributed by atoms with E-state index in [4.69, 9.17) is 9.84 Å². The van der Waals surface area contributed by atoms with Gasteiger partial charge in [0.05, 0.1) is 22.7 Å². The van der Waals surface area contributed by atoms with E-state index >= 15 is 0 Å². The fraction of sp³-hybridized carbons (Fsp3) is 0.0606. The zero-order chi connectivity index (χ0) is 27.5. The van der Waals surface area contributed by atoms with Crippen molar-refractivity contribution in [3.05, 3.63) is 138 Å². The normalized spacial score (nSPS) is 14.1. The smallest absolute Gasteiger partial charge is 0.280 e. The Balaban J connectivity index is 1.36. The number of amides is 1. The number of nitrogens with zero attached hydrogens (tertiary/aromatic N) is 4. The van der Waals surface area contributed by atoms with Gasteiger partial charge >= 0.3 is 0 Å². The molecular weight excluding hydrogens is 503 g/mol. The number of hydrogen-bond acceptors (Lipinski definition) is 4. The molecule has 0 N–H and O–H groups in total. The van der Waals surface area contributed by atoms with Gasteiger partial charge in [-0.15, -0.1) is 0 Å². The van der Waals surface area contributed by atoms with Crippen LogP contribution in [0.5, 0.6) is 5.75 Å². The van der Waals surface area contributed by atoms with Crippen LogP contribution in [-0.2, 0) is 11.4 Å². The minimum absolute atomic E-state index is 0.196. The van der Waals surface area contributed by atoms with E-state index in [1.165, 1.54) is 17.1 Å². The fourth-order valence-corrected chi connectivity index (χ4v) is 4.49. The molecule has 0 aliphatic carbocycles. The Morgan fingerprint density at radius 2 is 1.55 bits per heavy atom. The van der Waals surface area contributed by atoms with Crippen LogP contribution in [0.3, 0.4) is 0 Å². The lowest BCUT2D eigenvalue weighted by molar-refractivity contribution is -0.114. The Morgan fingerprint density at radius 3 is 2.27 bits per heavy atom. The van der Waals surface area contributed by atoms with Crippen LogP contribution in [0.4, 0.5) is 10.1 Å². The molecule has 40 heavy (non-hydrogen) atoms. The van der Waals surface area contributed by atoms with Crippen molar-refractivity contribution in [2.45, 2.75) is 13.5 Å². The first-order valence-electron chi connectivity index (χ1n) is 12.8. The molecule has 0 spiro atoms. The second kappa shape index (κ2) is 10.8. The molecule has 4 aromatic carbocycles. The molecule has 6 rings (SSSR count). The van der Waals surface area contributed by atoms with Gasteiger partial charge in [0, 0.05) is 17.3 Å². The van der Waals surface area contributed by atoms with Gasteiger partial charge in [-0.2, -0.15) is 15.2 Å². The van der Waals surface area contributed by atoms with Gasteiger partial charge in [-0.3, -0.25) is 4.79 Å². The van der Waals surface area contributed by atoms with Crippen molar-refractivity contribution < 1.29 is 13.9 Å². The van der Waals surface area contributed by atoms with Crippen molar-refractivity contribution in [1.29, 1.82) is 0 Å². The topological polar surface area (TPSA) is 59.7 Å². The van der Waals surface area contributed by atoms with Crippen LogP contribution < -0.4 is 9.75 Å². The lowest BCUT2D eigenvalue weighted by Crippen LogP contribution is -2.21. The molecule has 6 nitrogen and oxygen atoms in total. The van der Waals surface area contributed by atoms with E-state index in [0.29, 0.717) is 35.0 Å². The van der Waals surface area contributed by atoms with Gasteiger partial charge < -0.3 is 4.74 Å². The van der Waals surface area contributed by atoms with Crippen LogP contribution in [0.25, 0.3) is 23.0 Å². The summed E-state index contributed by atoms with van der Waals surface area (Å²) in [4.78, 5) is 13.4. The molecule has 196 valence electrons. The highest BCUT2D eigenvalue weighted by Gasteiger charge is 2.29. The van der Waals surface area contributed by atoms with Crippen LogP contribution in [0, 0.1) is 5.82 Å². The lowest BCUT2D eigenvalue weighted by atomic mass is 10.0. The quantitative estimate of drug-likeness (QED) is 0.213. The molecule has 0 fully saturated rings. The van der Waals surface area contributed by atoms with Crippen molar-refractivity contribution in [2.24, 2.45) is 5.10 Å². The van der Waals surface area contributed by atoms with Gasteiger partial charge in [-0.1, -0.05) is 60.7 Å². The number of benzene rings is 4. The van der Waals surface area contributed by atoms with Crippen molar-refractivity contribution in [3.8, 4) is 22.7 Å². The van der Waals surface area contributed by atoms with E-state index in [1.807, 2.05) is 104 Å². The number of rotatable bonds is 7. The SMILES string of the molecule is CC1=NN(c2ccccc2)C(=O)/C1=C\c1cn(-c2ccccc2)nc1-c1cccc(OCc2ccc(F)cc2)c1. The largest absolute Gasteiger partial charge is 0.489 e. The summed E-state index contributed by atoms with van der Waals surface area (Å²) < 4.78 is 21.1. The minimum Gasteiger partial charge on any atom is -0.489 e. The maximum absolute atomic E-state index is 13.4. The van der Waals surface area contributed by atoms with E-state index in [0.717, 1.165) is 22.4 Å². The third-order valence-corrected chi connectivity index (χ3v) is 6.55. The Labute approximate surface area is 231 Å². The molecule has 0 saturated carbocycles. The Bertz CT molecular complexity index is 1730. The van der Waals surface area contributed by atoms with Gasteiger partial charge in [-0.25, -0.2) is 9.07 Å². The number of aromatic nitrogens is 2. The molecule has 1 amide bonds. The molecule has 2 heterocycles. The van der Waals surface area contributed by atoms with E-state index < -0.39 is 0 Å². The maximum Gasteiger partial charge on any atom is 0.280 e. The Hall–Kier alpha value is -5.30. The van der Waals surface area contributed by atoms with Gasteiger partial charge in [0.2, 0.25) is 0 Å². The maximum atomic E-state index is 13.4.